The number of piperidine rings is 1. The monoisotopic (exact) mass is 420 g/mol. The van der Waals surface area contributed by atoms with E-state index in [0.29, 0.717) is 42.9 Å². The van der Waals surface area contributed by atoms with Gasteiger partial charge in [0.05, 0.1) is 6.54 Å². The Bertz CT molecular complexity index is 887. The highest BCUT2D eigenvalue weighted by Crippen LogP contribution is 2.39. The van der Waals surface area contributed by atoms with Crippen molar-refractivity contribution in [1.29, 1.82) is 5.26 Å². The summed E-state index contributed by atoms with van der Waals surface area (Å²) in [4.78, 5) is 20.6. The maximum Gasteiger partial charge on any atom is 0.141 e. The summed E-state index contributed by atoms with van der Waals surface area (Å²) in [6, 6.07) is 8.94. The summed E-state index contributed by atoms with van der Waals surface area (Å²) in [5.41, 5.74) is 4.36. The van der Waals surface area contributed by atoms with Crippen LogP contribution in [0.5, 0.6) is 0 Å². The summed E-state index contributed by atoms with van der Waals surface area (Å²) in [5, 5.41) is 12.7. The number of carbonyl (C=O) groups excluding carboxylic acids is 1. The van der Waals surface area contributed by atoms with E-state index in [1.165, 1.54) is 36.0 Å². The van der Waals surface area contributed by atoms with Crippen molar-refractivity contribution >= 4 is 17.3 Å². The van der Waals surface area contributed by atoms with Gasteiger partial charge < -0.3 is 10.1 Å². The van der Waals surface area contributed by atoms with Gasteiger partial charge in [0.15, 0.2) is 0 Å². The number of hydrogen-bond acceptors (Lipinski definition) is 5. The van der Waals surface area contributed by atoms with Gasteiger partial charge in [0.2, 0.25) is 0 Å². The lowest BCUT2D eigenvalue weighted by molar-refractivity contribution is -0.117. The predicted octanol–water partition coefficient (Wildman–Crippen LogP) is 4.82. The third kappa shape index (κ3) is 6.33. The topological polar surface area (TPSA) is 77.6 Å². The SMILES string of the molecule is CC(=O)C[C@@H](C)c1ccc(C(CC(C)C)C2CCNCC2)c(CC2=NCC(C#N)=N2)c1. The molecule has 0 spiro atoms. The lowest BCUT2D eigenvalue weighted by Crippen LogP contribution is -2.31. The standard InChI is InChI=1S/C26H36N4O/c1-17(2)11-25(20-7-9-28-10-8-20)24-6-5-21(18(3)12-19(4)31)13-22(24)14-26-29-16-23(15-27)30-26/h5-6,13,17-18,20,25,28H,7-12,14,16H2,1-4H3/t18-,25?/m1/s1. The van der Waals surface area contributed by atoms with Gasteiger partial charge in [-0.2, -0.15) is 5.26 Å². The molecule has 166 valence electrons. The van der Waals surface area contributed by atoms with Crippen molar-refractivity contribution in [3.8, 4) is 6.07 Å². The largest absolute Gasteiger partial charge is 0.317 e. The van der Waals surface area contributed by atoms with Crippen LogP contribution < -0.4 is 5.32 Å². The molecule has 0 amide bonds. The second-order valence-electron chi connectivity index (χ2n) is 9.67. The number of rotatable bonds is 9. The van der Waals surface area contributed by atoms with E-state index < -0.39 is 0 Å². The maximum absolute atomic E-state index is 11.7. The van der Waals surface area contributed by atoms with E-state index in [0.717, 1.165) is 18.9 Å². The number of benzene rings is 1. The van der Waals surface area contributed by atoms with Gasteiger partial charge in [-0.1, -0.05) is 39.0 Å². The molecule has 1 aromatic rings. The molecule has 31 heavy (non-hydrogen) atoms. The molecule has 1 N–H and O–H groups in total. The van der Waals surface area contributed by atoms with Gasteiger partial charge in [0.1, 0.15) is 23.4 Å². The molecule has 1 fully saturated rings. The van der Waals surface area contributed by atoms with Gasteiger partial charge in [-0.05, 0) is 79.6 Å². The summed E-state index contributed by atoms with van der Waals surface area (Å²) in [6.07, 6.45) is 4.79. The van der Waals surface area contributed by atoms with Gasteiger partial charge >= 0.3 is 0 Å². The number of nitriles is 1. The first-order chi connectivity index (χ1) is 14.9. The Kier molecular flexibility index (Phi) is 8.15. The Morgan fingerprint density at radius 1 is 1.26 bits per heavy atom. The average Bonchev–Trinajstić information content (AvgIpc) is 3.20. The van der Waals surface area contributed by atoms with E-state index in [-0.39, 0.29) is 11.7 Å². The summed E-state index contributed by atoms with van der Waals surface area (Å²) in [7, 11) is 0. The first kappa shape index (κ1) is 23.3. The Hall–Kier alpha value is -2.32. The fourth-order valence-electron chi connectivity index (χ4n) is 5.04. The molecule has 0 bridgehead atoms. The van der Waals surface area contributed by atoms with Crippen LogP contribution in [0.2, 0.25) is 0 Å². The molecule has 2 atom stereocenters. The van der Waals surface area contributed by atoms with Gasteiger partial charge in [-0.15, -0.1) is 0 Å². The molecule has 2 heterocycles. The summed E-state index contributed by atoms with van der Waals surface area (Å²) < 4.78 is 0. The van der Waals surface area contributed by atoms with Crippen LogP contribution in [0.4, 0.5) is 0 Å². The highest BCUT2D eigenvalue weighted by Gasteiger charge is 2.28. The Morgan fingerprint density at radius 2 is 2.00 bits per heavy atom. The van der Waals surface area contributed by atoms with Crippen LogP contribution in [0.3, 0.4) is 0 Å². The molecular formula is C26H36N4O. The predicted molar refractivity (Wildman–Crippen MR) is 127 cm³/mol. The third-order valence-corrected chi connectivity index (χ3v) is 6.56. The number of ketones is 1. The molecule has 0 aliphatic carbocycles. The molecule has 0 saturated carbocycles. The minimum atomic E-state index is 0.191. The minimum Gasteiger partial charge on any atom is -0.317 e. The van der Waals surface area contributed by atoms with Crippen LogP contribution in [0.1, 0.15) is 81.9 Å². The number of amidine groups is 1. The highest BCUT2D eigenvalue weighted by molar-refractivity contribution is 6.11. The van der Waals surface area contributed by atoms with E-state index in [9.17, 15) is 10.1 Å². The Labute approximate surface area is 187 Å². The molecule has 0 aromatic heterocycles. The fourth-order valence-corrected chi connectivity index (χ4v) is 5.04. The van der Waals surface area contributed by atoms with Gasteiger partial charge in [0, 0.05) is 12.8 Å². The number of nitrogens with one attached hydrogen (secondary N) is 1. The molecule has 1 saturated heterocycles. The quantitative estimate of drug-likeness (QED) is 0.622. The van der Waals surface area contributed by atoms with Gasteiger partial charge in [-0.3, -0.25) is 4.99 Å². The fraction of sp³-hybridized carbons (Fsp3) is 0.615. The molecule has 3 rings (SSSR count). The van der Waals surface area contributed by atoms with Crippen LogP contribution in [0.25, 0.3) is 0 Å². The number of aliphatic imine (C=N–C) groups is 2. The Balaban J connectivity index is 1.98. The summed E-state index contributed by atoms with van der Waals surface area (Å²) >= 11 is 0. The molecule has 1 aromatic carbocycles. The molecule has 5 nitrogen and oxygen atoms in total. The molecule has 0 radical (unpaired) electrons. The molecule has 5 heteroatoms. The summed E-state index contributed by atoms with van der Waals surface area (Å²) in [5.74, 6) is 2.96. The van der Waals surface area contributed by atoms with Crippen molar-refractivity contribution in [1.82, 2.24) is 5.32 Å². The highest BCUT2D eigenvalue weighted by atomic mass is 16.1. The second-order valence-corrected chi connectivity index (χ2v) is 9.67. The molecule has 2 aliphatic heterocycles. The van der Waals surface area contributed by atoms with Crippen LogP contribution in [-0.2, 0) is 11.2 Å². The molecule has 1 unspecified atom stereocenters. The third-order valence-electron chi connectivity index (χ3n) is 6.56. The molecular weight excluding hydrogens is 384 g/mol. The van der Waals surface area contributed by atoms with Gasteiger partial charge in [-0.25, -0.2) is 4.99 Å². The zero-order valence-electron chi connectivity index (χ0n) is 19.4. The second kappa shape index (κ2) is 10.8. The van der Waals surface area contributed by atoms with E-state index in [4.69, 9.17) is 0 Å². The lowest BCUT2D eigenvalue weighted by atomic mass is 9.74. The van der Waals surface area contributed by atoms with Crippen LogP contribution in [0, 0.1) is 23.2 Å². The van der Waals surface area contributed by atoms with Crippen LogP contribution in [0.15, 0.2) is 28.2 Å². The van der Waals surface area contributed by atoms with E-state index in [2.05, 4.69) is 60.3 Å². The number of hydrogen-bond donors (Lipinski definition) is 1. The lowest BCUT2D eigenvalue weighted by Gasteiger charge is -2.34. The van der Waals surface area contributed by atoms with Crippen LogP contribution >= 0.6 is 0 Å². The number of Topliss-reactive ketones (excluding diaryl/α,β-unsaturated/α-hetero) is 1. The smallest absolute Gasteiger partial charge is 0.141 e. The molecule has 2 aliphatic rings. The average molecular weight is 421 g/mol. The number of nitrogens with zero attached hydrogens (tertiary/aromatic N) is 3. The zero-order chi connectivity index (χ0) is 22.4. The van der Waals surface area contributed by atoms with E-state index >= 15 is 0 Å². The first-order valence-corrected chi connectivity index (χ1v) is 11.7. The van der Waals surface area contributed by atoms with Gasteiger partial charge in [0.25, 0.3) is 0 Å². The maximum atomic E-state index is 11.7. The van der Waals surface area contributed by atoms with Crippen molar-refractivity contribution in [3.63, 3.8) is 0 Å². The Morgan fingerprint density at radius 3 is 2.61 bits per heavy atom. The van der Waals surface area contributed by atoms with E-state index in [1.54, 1.807) is 6.92 Å². The summed E-state index contributed by atoms with van der Waals surface area (Å²) in [6.45, 7) is 11.0. The zero-order valence-corrected chi connectivity index (χ0v) is 19.4. The first-order valence-electron chi connectivity index (χ1n) is 11.7. The van der Waals surface area contributed by atoms with E-state index in [1.807, 2.05) is 0 Å². The van der Waals surface area contributed by atoms with Crippen LogP contribution in [-0.4, -0.2) is 37.0 Å². The van der Waals surface area contributed by atoms with Crippen molar-refractivity contribution in [2.24, 2.45) is 21.8 Å². The minimum absolute atomic E-state index is 0.191. The van der Waals surface area contributed by atoms with Crippen molar-refractivity contribution in [3.05, 3.63) is 34.9 Å². The van der Waals surface area contributed by atoms with Crippen molar-refractivity contribution in [2.45, 2.75) is 71.6 Å². The van der Waals surface area contributed by atoms with Crippen molar-refractivity contribution in [2.75, 3.05) is 19.6 Å². The van der Waals surface area contributed by atoms with Crippen molar-refractivity contribution < 1.29 is 4.79 Å². The number of carbonyl (C=O) groups is 1. The normalized spacial score (nSPS) is 19.0.